The van der Waals surface area contributed by atoms with Gasteiger partial charge in [-0.25, -0.2) is 4.57 Å². The van der Waals surface area contributed by atoms with Crippen molar-refractivity contribution in [2.45, 2.75) is 77.7 Å². The lowest BCUT2D eigenvalue weighted by molar-refractivity contribution is -0.694. The van der Waals surface area contributed by atoms with Gasteiger partial charge < -0.3 is 5.32 Å². The largest absolute Gasteiger partial charge is 0.350 e. The van der Waals surface area contributed by atoms with Crippen molar-refractivity contribution in [2.24, 2.45) is 0 Å². The highest BCUT2D eigenvalue weighted by atomic mass is 16.1. The topological polar surface area (TPSA) is 33.0 Å². The molecule has 1 aromatic heterocycles. The zero-order valence-corrected chi connectivity index (χ0v) is 14.2. The van der Waals surface area contributed by atoms with Gasteiger partial charge in [0, 0.05) is 18.6 Å². The van der Waals surface area contributed by atoms with E-state index in [4.69, 9.17) is 0 Å². The number of carbonyl (C=O) groups is 1. The molecule has 0 aliphatic heterocycles. The second-order valence-corrected chi connectivity index (χ2v) is 6.04. The Bertz CT molecular complexity index is 378. The highest BCUT2D eigenvalue weighted by molar-refractivity contribution is 5.75. The maximum atomic E-state index is 11.7. The van der Waals surface area contributed by atoms with Crippen molar-refractivity contribution < 1.29 is 9.36 Å². The molecule has 22 heavy (non-hydrogen) atoms. The number of nitrogens with zero attached hydrogens (tertiary/aromatic N) is 1. The van der Waals surface area contributed by atoms with Gasteiger partial charge in [0.2, 0.25) is 5.91 Å². The van der Waals surface area contributed by atoms with Crippen LogP contribution in [0.4, 0.5) is 0 Å². The number of rotatable bonds is 13. The fourth-order valence-electron chi connectivity index (χ4n) is 2.59. The fourth-order valence-corrected chi connectivity index (χ4v) is 2.59. The number of unbranched alkanes of at least 4 members (excludes halogenated alkanes) is 8. The van der Waals surface area contributed by atoms with Gasteiger partial charge in [-0.15, -0.1) is 0 Å². The molecule has 0 saturated heterocycles. The number of pyridine rings is 1. The molecule has 3 heteroatoms. The lowest BCUT2D eigenvalue weighted by Crippen LogP contribution is -2.39. The summed E-state index contributed by atoms with van der Waals surface area (Å²) in [4.78, 5) is 11.7. The molecule has 0 radical (unpaired) electrons. The minimum Gasteiger partial charge on any atom is -0.350 e. The average molecular weight is 305 g/mol. The Labute approximate surface area is 136 Å². The number of amides is 1. The number of carbonyl (C=O) groups excluding carboxylic acids is 1. The van der Waals surface area contributed by atoms with E-state index in [1.54, 1.807) is 0 Å². The fraction of sp³-hybridized carbons (Fsp3) is 0.684. The van der Waals surface area contributed by atoms with Crippen LogP contribution in [-0.4, -0.2) is 12.5 Å². The van der Waals surface area contributed by atoms with E-state index >= 15 is 0 Å². The quantitative estimate of drug-likeness (QED) is 0.433. The van der Waals surface area contributed by atoms with Crippen LogP contribution >= 0.6 is 0 Å². The Kier molecular flexibility index (Phi) is 11.3. The molecule has 0 bridgehead atoms. The molecule has 3 nitrogen and oxygen atoms in total. The summed E-state index contributed by atoms with van der Waals surface area (Å²) in [7, 11) is 0. The van der Waals surface area contributed by atoms with Crippen LogP contribution in [0.3, 0.4) is 0 Å². The van der Waals surface area contributed by atoms with Gasteiger partial charge in [0.25, 0.3) is 0 Å². The smallest absolute Gasteiger partial charge is 0.220 e. The van der Waals surface area contributed by atoms with Gasteiger partial charge in [0.1, 0.15) is 0 Å². The van der Waals surface area contributed by atoms with Crippen LogP contribution in [0.15, 0.2) is 30.6 Å². The summed E-state index contributed by atoms with van der Waals surface area (Å²) in [5.41, 5.74) is 0. The third-order valence-electron chi connectivity index (χ3n) is 3.98. The van der Waals surface area contributed by atoms with Crippen molar-refractivity contribution in [3.8, 4) is 0 Å². The van der Waals surface area contributed by atoms with Gasteiger partial charge in [-0.2, -0.15) is 0 Å². The van der Waals surface area contributed by atoms with Crippen LogP contribution in [0.25, 0.3) is 0 Å². The van der Waals surface area contributed by atoms with Crippen LogP contribution < -0.4 is 9.88 Å². The monoisotopic (exact) mass is 305 g/mol. The molecule has 0 unspecified atom stereocenters. The SMILES string of the molecule is CCCCCCCCCCCC(=O)NCC[n+]1ccccc1. The summed E-state index contributed by atoms with van der Waals surface area (Å²) in [6.07, 6.45) is 16.4. The highest BCUT2D eigenvalue weighted by Crippen LogP contribution is 2.10. The molecule has 1 amide bonds. The van der Waals surface area contributed by atoms with Gasteiger partial charge in [0.15, 0.2) is 18.9 Å². The highest BCUT2D eigenvalue weighted by Gasteiger charge is 2.03. The minimum absolute atomic E-state index is 0.194. The predicted octanol–water partition coefficient (Wildman–Crippen LogP) is 4.01. The normalized spacial score (nSPS) is 10.6. The summed E-state index contributed by atoms with van der Waals surface area (Å²) in [6, 6.07) is 6.01. The van der Waals surface area contributed by atoms with Crippen molar-refractivity contribution in [1.29, 1.82) is 0 Å². The van der Waals surface area contributed by atoms with Crippen molar-refractivity contribution in [3.63, 3.8) is 0 Å². The summed E-state index contributed by atoms with van der Waals surface area (Å²) in [6.45, 7) is 3.80. The summed E-state index contributed by atoms with van der Waals surface area (Å²) >= 11 is 0. The molecule has 0 saturated carbocycles. The third kappa shape index (κ3) is 10.4. The summed E-state index contributed by atoms with van der Waals surface area (Å²) in [5, 5.41) is 3.00. The molecule has 1 rings (SSSR count). The van der Waals surface area contributed by atoms with E-state index in [0.717, 1.165) is 13.0 Å². The minimum atomic E-state index is 0.194. The van der Waals surface area contributed by atoms with Crippen LogP contribution in [0.1, 0.15) is 71.1 Å². The third-order valence-corrected chi connectivity index (χ3v) is 3.98. The van der Waals surface area contributed by atoms with Crippen LogP contribution in [0.2, 0.25) is 0 Å². The van der Waals surface area contributed by atoms with Crippen LogP contribution in [0, 0.1) is 0 Å². The predicted molar refractivity (Wildman–Crippen MR) is 91.5 cm³/mol. The standard InChI is InChI=1S/C19H32N2O/c1-2-3-4-5-6-7-8-9-11-14-19(22)20-15-18-21-16-12-10-13-17-21/h10,12-13,16-17H,2-9,11,14-15,18H2,1H3/p+1. The summed E-state index contributed by atoms with van der Waals surface area (Å²) < 4.78 is 2.08. The number of hydrogen-bond acceptors (Lipinski definition) is 1. The number of hydrogen-bond donors (Lipinski definition) is 1. The molecule has 1 N–H and O–H groups in total. The number of aromatic nitrogens is 1. The van der Waals surface area contributed by atoms with E-state index in [2.05, 4.69) is 16.8 Å². The Morgan fingerprint density at radius 1 is 0.864 bits per heavy atom. The van der Waals surface area contributed by atoms with Gasteiger partial charge >= 0.3 is 0 Å². The molecule has 0 aromatic carbocycles. The maximum Gasteiger partial charge on any atom is 0.220 e. The summed E-state index contributed by atoms with van der Waals surface area (Å²) in [5.74, 6) is 0.194. The molecule has 0 aliphatic rings. The van der Waals surface area contributed by atoms with E-state index < -0.39 is 0 Å². The van der Waals surface area contributed by atoms with E-state index in [-0.39, 0.29) is 5.91 Å². The second kappa shape index (κ2) is 13.3. The Balaban J connectivity index is 1.87. The number of nitrogens with one attached hydrogen (secondary N) is 1. The van der Waals surface area contributed by atoms with Gasteiger partial charge in [-0.05, 0) is 6.42 Å². The van der Waals surface area contributed by atoms with E-state index in [1.165, 1.54) is 51.4 Å². The van der Waals surface area contributed by atoms with Crippen molar-refractivity contribution in [3.05, 3.63) is 30.6 Å². The zero-order valence-electron chi connectivity index (χ0n) is 14.2. The van der Waals surface area contributed by atoms with E-state index in [0.29, 0.717) is 13.0 Å². The van der Waals surface area contributed by atoms with Crippen LogP contribution in [0.5, 0.6) is 0 Å². The zero-order chi connectivity index (χ0) is 15.9. The Morgan fingerprint density at radius 2 is 1.45 bits per heavy atom. The second-order valence-electron chi connectivity index (χ2n) is 6.04. The van der Waals surface area contributed by atoms with Gasteiger partial charge in [-0.1, -0.05) is 64.4 Å². The average Bonchev–Trinajstić information content (AvgIpc) is 2.54. The molecule has 124 valence electrons. The van der Waals surface area contributed by atoms with E-state index in [9.17, 15) is 4.79 Å². The van der Waals surface area contributed by atoms with Crippen LogP contribution in [-0.2, 0) is 11.3 Å². The van der Waals surface area contributed by atoms with Crippen molar-refractivity contribution in [1.82, 2.24) is 5.32 Å². The molecule has 0 atom stereocenters. The molecule has 0 aliphatic carbocycles. The van der Waals surface area contributed by atoms with E-state index in [1.807, 2.05) is 30.6 Å². The van der Waals surface area contributed by atoms with Crippen molar-refractivity contribution in [2.75, 3.05) is 6.54 Å². The molecule has 0 fully saturated rings. The van der Waals surface area contributed by atoms with Gasteiger partial charge in [-0.3, -0.25) is 4.79 Å². The first-order valence-electron chi connectivity index (χ1n) is 9.03. The molecule has 1 heterocycles. The molecular weight excluding hydrogens is 272 g/mol. The Hall–Kier alpha value is -1.38. The lowest BCUT2D eigenvalue weighted by atomic mass is 10.1. The first-order valence-corrected chi connectivity index (χ1v) is 9.03. The molecular formula is C19H33N2O+. The maximum absolute atomic E-state index is 11.7. The lowest BCUT2D eigenvalue weighted by Gasteiger charge is -2.04. The Morgan fingerprint density at radius 3 is 2.09 bits per heavy atom. The van der Waals surface area contributed by atoms with Gasteiger partial charge in [0.05, 0.1) is 6.54 Å². The first-order chi connectivity index (χ1) is 10.8. The molecule has 0 spiro atoms. The van der Waals surface area contributed by atoms with Crippen molar-refractivity contribution >= 4 is 5.91 Å². The molecule has 1 aromatic rings. The first kappa shape index (κ1) is 18.7.